The highest BCUT2D eigenvalue weighted by Gasteiger charge is 2.36. The summed E-state index contributed by atoms with van der Waals surface area (Å²) in [7, 11) is 0. The molecule has 184 valence electrons. The molecule has 5 rings (SSSR count). The van der Waals surface area contributed by atoms with Crippen LogP contribution in [0.25, 0.3) is 28.1 Å². The van der Waals surface area contributed by atoms with Gasteiger partial charge in [0, 0.05) is 49.3 Å². The Labute approximate surface area is 206 Å². The third-order valence-corrected chi connectivity index (χ3v) is 6.32. The monoisotopic (exact) mass is 491 g/mol. The number of nitrogen functional groups attached to an aromatic ring is 1. The molecule has 7 nitrogen and oxygen atoms in total. The predicted molar refractivity (Wildman–Crippen MR) is 134 cm³/mol. The summed E-state index contributed by atoms with van der Waals surface area (Å²) in [6.45, 7) is 4.40. The lowest BCUT2D eigenvalue weighted by Gasteiger charge is -2.36. The summed E-state index contributed by atoms with van der Waals surface area (Å²) in [5, 5.41) is 0. The maximum Gasteiger partial charge on any atom is 0.418 e. The van der Waals surface area contributed by atoms with E-state index in [2.05, 4.69) is 20.8 Å². The molecule has 0 unspecified atom stereocenters. The van der Waals surface area contributed by atoms with Crippen LogP contribution in [0, 0.1) is 19.3 Å². The number of piperazine rings is 1. The van der Waals surface area contributed by atoms with E-state index in [1.54, 1.807) is 52.9 Å². The zero-order valence-corrected chi connectivity index (χ0v) is 19.6. The first-order valence-electron chi connectivity index (χ1n) is 11.4. The van der Waals surface area contributed by atoms with Crippen molar-refractivity contribution in [2.24, 2.45) is 0 Å². The summed E-state index contributed by atoms with van der Waals surface area (Å²) in [6, 6.07) is 11.5. The van der Waals surface area contributed by atoms with Crippen LogP contribution in [0.3, 0.4) is 0 Å². The van der Waals surface area contributed by atoms with Crippen LogP contribution in [0.4, 0.5) is 24.7 Å². The van der Waals surface area contributed by atoms with Crippen LogP contribution < -0.4 is 10.6 Å². The highest BCUT2D eigenvalue weighted by Crippen LogP contribution is 2.39. The van der Waals surface area contributed by atoms with Crippen molar-refractivity contribution < 1.29 is 13.2 Å². The number of terminal acetylenes is 1. The van der Waals surface area contributed by atoms with Crippen LogP contribution in [-0.4, -0.2) is 57.1 Å². The number of halogens is 3. The maximum atomic E-state index is 14.2. The van der Waals surface area contributed by atoms with Crippen molar-refractivity contribution >= 4 is 22.7 Å². The Morgan fingerprint density at radius 1 is 1.03 bits per heavy atom. The summed E-state index contributed by atoms with van der Waals surface area (Å²) in [5.41, 5.74) is 8.05. The smallest absolute Gasteiger partial charge is 0.384 e. The maximum absolute atomic E-state index is 14.2. The van der Waals surface area contributed by atoms with Gasteiger partial charge in [-0.05, 0) is 49.4 Å². The molecule has 1 aliphatic rings. The molecular formula is C26H24F3N7. The number of alkyl halides is 3. The molecule has 1 aromatic carbocycles. The summed E-state index contributed by atoms with van der Waals surface area (Å²) >= 11 is 0. The topological polar surface area (TPSA) is 76.1 Å². The fourth-order valence-corrected chi connectivity index (χ4v) is 4.59. The van der Waals surface area contributed by atoms with Crippen molar-refractivity contribution in [1.29, 1.82) is 0 Å². The van der Waals surface area contributed by atoms with E-state index >= 15 is 0 Å². The third kappa shape index (κ3) is 4.45. The Morgan fingerprint density at radius 3 is 2.50 bits per heavy atom. The number of hydrogen-bond donors (Lipinski definition) is 1. The van der Waals surface area contributed by atoms with Crippen molar-refractivity contribution in [3.8, 4) is 29.3 Å². The number of imidazole rings is 1. The van der Waals surface area contributed by atoms with Crippen LogP contribution in [0.1, 0.15) is 11.4 Å². The number of benzene rings is 1. The van der Waals surface area contributed by atoms with E-state index < -0.39 is 11.7 Å². The summed E-state index contributed by atoms with van der Waals surface area (Å²) in [4.78, 5) is 17.1. The molecule has 2 N–H and O–H groups in total. The normalized spacial score (nSPS) is 14.8. The van der Waals surface area contributed by atoms with Gasteiger partial charge in [0.05, 0.1) is 17.8 Å². The van der Waals surface area contributed by atoms with Crippen molar-refractivity contribution in [3.63, 3.8) is 0 Å². The number of fused-ring (bicyclic) bond motifs is 1. The van der Waals surface area contributed by atoms with Crippen molar-refractivity contribution in [2.75, 3.05) is 43.4 Å². The van der Waals surface area contributed by atoms with Gasteiger partial charge in [0.15, 0.2) is 5.65 Å². The Hall–Kier alpha value is -4.10. The van der Waals surface area contributed by atoms with Crippen molar-refractivity contribution in [1.82, 2.24) is 24.4 Å². The largest absolute Gasteiger partial charge is 0.418 e. The second-order valence-electron chi connectivity index (χ2n) is 8.67. The first-order chi connectivity index (χ1) is 17.2. The van der Waals surface area contributed by atoms with Crippen LogP contribution in [-0.2, 0) is 6.18 Å². The second kappa shape index (κ2) is 9.17. The molecule has 0 spiro atoms. The van der Waals surface area contributed by atoms with E-state index in [9.17, 15) is 13.2 Å². The number of aryl methyl sites for hydroxylation is 1. The van der Waals surface area contributed by atoms with Gasteiger partial charge in [-0.15, -0.1) is 6.42 Å². The molecular weight excluding hydrogens is 467 g/mol. The Morgan fingerprint density at radius 2 is 1.81 bits per heavy atom. The molecule has 3 aromatic heterocycles. The number of pyridine rings is 2. The average molecular weight is 492 g/mol. The lowest BCUT2D eigenvalue weighted by atomic mass is 10.1. The summed E-state index contributed by atoms with van der Waals surface area (Å²) < 4.78 is 44.4. The molecule has 0 bridgehead atoms. The molecule has 0 atom stereocenters. The van der Waals surface area contributed by atoms with Gasteiger partial charge in [-0.2, -0.15) is 13.2 Å². The number of anilines is 2. The molecule has 1 fully saturated rings. The van der Waals surface area contributed by atoms with Gasteiger partial charge in [0.2, 0.25) is 0 Å². The van der Waals surface area contributed by atoms with Gasteiger partial charge in [0.1, 0.15) is 17.2 Å². The van der Waals surface area contributed by atoms with Crippen molar-refractivity contribution in [3.05, 3.63) is 60.0 Å². The number of rotatable bonds is 4. The molecule has 0 amide bonds. The zero-order valence-electron chi connectivity index (χ0n) is 19.6. The van der Waals surface area contributed by atoms with Crippen molar-refractivity contribution in [2.45, 2.75) is 13.1 Å². The van der Waals surface area contributed by atoms with E-state index in [4.69, 9.17) is 17.1 Å². The minimum atomic E-state index is -4.53. The number of aromatic nitrogens is 4. The van der Waals surface area contributed by atoms with Gasteiger partial charge in [0.25, 0.3) is 0 Å². The Bertz CT molecular complexity index is 1460. The van der Waals surface area contributed by atoms with Crippen LogP contribution in [0.5, 0.6) is 0 Å². The van der Waals surface area contributed by atoms with Crippen LogP contribution in [0.2, 0.25) is 0 Å². The van der Waals surface area contributed by atoms with Gasteiger partial charge < -0.3 is 10.6 Å². The van der Waals surface area contributed by atoms with E-state index in [1.165, 1.54) is 12.1 Å². The summed E-state index contributed by atoms with van der Waals surface area (Å²) in [5.74, 6) is 3.48. The molecule has 1 saturated heterocycles. The standard InChI is InChI=1S/C26H24F3N7/c1-3-10-34-11-13-35(14-12-34)23-7-4-19(16-20(23)26(27,28)29)36-17(2)32-22-6-5-21(33-25(22)36)18-8-9-31-24(30)15-18/h1,4-9,15-16H,10-14H2,2H3,(H2,30,31). The molecule has 4 aromatic rings. The van der Waals surface area contributed by atoms with Gasteiger partial charge >= 0.3 is 6.18 Å². The Balaban J connectivity index is 1.57. The van der Waals surface area contributed by atoms with E-state index in [0.29, 0.717) is 66.9 Å². The van der Waals surface area contributed by atoms with E-state index in [0.717, 1.165) is 5.56 Å². The lowest BCUT2D eigenvalue weighted by molar-refractivity contribution is -0.137. The minimum Gasteiger partial charge on any atom is -0.384 e. The fourth-order valence-electron chi connectivity index (χ4n) is 4.59. The first-order valence-corrected chi connectivity index (χ1v) is 11.4. The number of hydrogen-bond acceptors (Lipinski definition) is 6. The molecule has 10 heteroatoms. The zero-order chi connectivity index (χ0) is 25.4. The molecule has 1 aliphatic heterocycles. The van der Waals surface area contributed by atoms with E-state index in [-0.39, 0.29) is 5.69 Å². The van der Waals surface area contributed by atoms with Crippen LogP contribution in [0.15, 0.2) is 48.7 Å². The quantitative estimate of drug-likeness (QED) is 0.433. The minimum absolute atomic E-state index is 0.162. The molecule has 4 heterocycles. The van der Waals surface area contributed by atoms with Crippen LogP contribution >= 0.6 is 0 Å². The van der Waals surface area contributed by atoms with E-state index in [1.807, 2.05) is 0 Å². The second-order valence-corrected chi connectivity index (χ2v) is 8.67. The Kier molecular flexibility index (Phi) is 6.02. The molecule has 36 heavy (non-hydrogen) atoms. The highest BCUT2D eigenvalue weighted by molar-refractivity contribution is 5.78. The van der Waals surface area contributed by atoms with Gasteiger partial charge in [-0.25, -0.2) is 15.0 Å². The predicted octanol–water partition coefficient (Wildman–Crippen LogP) is 4.15. The average Bonchev–Trinajstić information content (AvgIpc) is 3.19. The van der Waals surface area contributed by atoms with Gasteiger partial charge in [-0.1, -0.05) is 5.92 Å². The van der Waals surface area contributed by atoms with Gasteiger partial charge in [-0.3, -0.25) is 9.47 Å². The third-order valence-electron chi connectivity index (χ3n) is 6.32. The number of nitrogens with two attached hydrogens (primary N) is 1. The lowest BCUT2D eigenvalue weighted by Crippen LogP contribution is -2.47. The molecule has 0 aliphatic carbocycles. The molecule has 0 saturated carbocycles. The summed E-state index contributed by atoms with van der Waals surface area (Å²) in [6.07, 6.45) is 2.43. The fraction of sp³-hybridized carbons (Fsp3) is 0.269. The number of nitrogens with zero attached hydrogens (tertiary/aromatic N) is 6. The highest BCUT2D eigenvalue weighted by atomic mass is 19.4. The molecule has 0 radical (unpaired) electrons. The SMILES string of the molecule is C#CCN1CCN(c2ccc(-n3c(C)nc4ccc(-c5ccnc(N)c5)nc43)cc2C(F)(F)F)CC1. The first kappa shape index (κ1) is 23.6.